The topological polar surface area (TPSA) is 46.3 Å². The zero-order valence-corrected chi connectivity index (χ0v) is 13.3. The van der Waals surface area contributed by atoms with Gasteiger partial charge in [-0.15, -0.1) is 12.4 Å². The molecule has 0 radical (unpaired) electrons. The summed E-state index contributed by atoms with van der Waals surface area (Å²) >= 11 is 5.91. The van der Waals surface area contributed by atoms with Gasteiger partial charge in [-0.2, -0.15) is 0 Å². The van der Waals surface area contributed by atoms with Gasteiger partial charge in [-0.05, 0) is 43.9 Å². The normalized spacial score (nSPS) is 19.6. The minimum atomic E-state index is 0. The van der Waals surface area contributed by atoms with E-state index in [9.17, 15) is 4.79 Å². The van der Waals surface area contributed by atoms with Crippen LogP contribution >= 0.6 is 24.0 Å². The summed E-state index contributed by atoms with van der Waals surface area (Å²) in [5.41, 5.74) is 6.89. The summed E-state index contributed by atoms with van der Waals surface area (Å²) in [7, 11) is 0. The molecule has 1 aliphatic rings. The van der Waals surface area contributed by atoms with E-state index in [4.69, 9.17) is 17.3 Å². The summed E-state index contributed by atoms with van der Waals surface area (Å²) in [5, 5.41) is 0.733. The van der Waals surface area contributed by atoms with Crippen molar-refractivity contribution >= 4 is 29.9 Å². The molecule has 20 heavy (non-hydrogen) atoms. The van der Waals surface area contributed by atoms with Crippen molar-refractivity contribution in [2.24, 2.45) is 5.73 Å². The van der Waals surface area contributed by atoms with Crippen molar-refractivity contribution in [3.05, 3.63) is 34.9 Å². The molecular weight excluding hydrogens is 295 g/mol. The van der Waals surface area contributed by atoms with Gasteiger partial charge in [0, 0.05) is 24.0 Å². The van der Waals surface area contributed by atoms with Crippen LogP contribution in [-0.4, -0.2) is 23.4 Å². The van der Waals surface area contributed by atoms with Crippen molar-refractivity contribution in [3.63, 3.8) is 0 Å². The molecule has 0 aromatic heterocycles. The summed E-state index contributed by atoms with van der Waals surface area (Å²) in [5.74, 6) is 0.217. The van der Waals surface area contributed by atoms with Gasteiger partial charge < -0.3 is 10.6 Å². The molecule has 112 valence electrons. The van der Waals surface area contributed by atoms with Crippen LogP contribution < -0.4 is 5.73 Å². The maximum absolute atomic E-state index is 12.2. The van der Waals surface area contributed by atoms with E-state index in [1.807, 2.05) is 36.1 Å². The smallest absolute Gasteiger partial charge is 0.223 e. The molecule has 2 unspecified atom stereocenters. The third kappa shape index (κ3) is 4.37. The Labute approximate surface area is 131 Å². The standard InChI is InChI=1S/C15H21ClN2O.ClH/c1-11(17)4-9-15(19)18-10-2-3-14(18)12-5-7-13(16)8-6-12;/h5-8,11,14H,2-4,9-10,17H2,1H3;1H. The zero-order valence-electron chi connectivity index (χ0n) is 11.7. The molecule has 1 aromatic rings. The van der Waals surface area contributed by atoms with Gasteiger partial charge >= 0.3 is 0 Å². The average molecular weight is 317 g/mol. The number of amides is 1. The van der Waals surface area contributed by atoms with Gasteiger partial charge in [-0.3, -0.25) is 4.79 Å². The highest BCUT2D eigenvalue weighted by Gasteiger charge is 2.29. The van der Waals surface area contributed by atoms with Gasteiger partial charge in [0.25, 0.3) is 0 Å². The highest BCUT2D eigenvalue weighted by Crippen LogP contribution is 2.33. The number of hydrogen-bond donors (Lipinski definition) is 1. The highest BCUT2D eigenvalue weighted by molar-refractivity contribution is 6.30. The van der Waals surface area contributed by atoms with E-state index >= 15 is 0 Å². The van der Waals surface area contributed by atoms with Crippen LogP contribution in [0, 0.1) is 0 Å². The lowest BCUT2D eigenvalue weighted by Gasteiger charge is -2.25. The Balaban J connectivity index is 0.00000200. The van der Waals surface area contributed by atoms with Gasteiger partial charge in [-0.1, -0.05) is 23.7 Å². The Hall–Kier alpha value is -0.770. The second-order valence-corrected chi connectivity index (χ2v) is 5.75. The SMILES string of the molecule is CC(N)CCC(=O)N1CCCC1c1ccc(Cl)cc1.Cl. The van der Waals surface area contributed by atoms with Crippen LogP contribution in [0.5, 0.6) is 0 Å². The van der Waals surface area contributed by atoms with Crippen LogP contribution in [0.25, 0.3) is 0 Å². The van der Waals surface area contributed by atoms with Gasteiger partial charge in [0.05, 0.1) is 6.04 Å². The monoisotopic (exact) mass is 316 g/mol. The summed E-state index contributed by atoms with van der Waals surface area (Å²) in [6.07, 6.45) is 3.40. The number of nitrogens with two attached hydrogens (primary N) is 1. The van der Waals surface area contributed by atoms with E-state index in [0.717, 1.165) is 30.8 Å². The second kappa shape index (κ2) is 7.87. The number of rotatable bonds is 4. The van der Waals surface area contributed by atoms with E-state index in [1.165, 1.54) is 5.56 Å². The molecule has 1 aliphatic heterocycles. The first-order valence-corrected chi connectivity index (χ1v) is 7.26. The summed E-state index contributed by atoms with van der Waals surface area (Å²) in [6.45, 7) is 2.79. The third-order valence-corrected chi connectivity index (χ3v) is 3.89. The van der Waals surface area contributed by atoms with Gasteiger partial charge in [0.2, 0.25) is 5.91 Å². The minimum Gasteiger partial charge on any atom is -0.336 e. The minimum absolute atomic E-state index is 0. The first kappa shape index (κ1) is 17.3. The fourth-order valence-electron chi connectivity index (χ4n) is 2.59. The highest BCUT2D eigenvalue weighted by atomic mass is 35.5. The van der Waals surface area contributed by atoms with Crippen molar-refractivity contribution < 1.29 is 4.79 Å². The van der Waals surface area contributed by atoms with E-state index in [0.29, 0.717) is 6.42 Å². The number of halogens is 2. The van der Waals surface area contributed by atoms with Crippen LogP contribution in [0.3, 0.4) is 0 Å². The Morgan fingerprint density at radius 1 is 1.45 bits per heavy atom. The molecular formula is C15H22Cl2N2O. The number of carbonyl (C=O) groups excluding carboxylic acids is 1. The molecule has 1 fully saturated rings. The Kier molecular flexibility index (Phi) is 6.80. The van der Waals surface area contributed by atoms with Crippen LogP contribution in [0.4, 0.5) is 0 Å². The Morgan fingerprint density at radius 3 is 2.70 bits per heavy atom. The predicted molar refractivity (Wildman–Crippen MR) is 85.3 cm³/mol. The summed E-state index contributed by atoms with van der Waals surface area (Å²) < 4.78 is 0. The average Bonchev–Trinajstić information content (AvgIpc) is 2.86. The number of carbonyl (C=O) groups is 1. The van der Waals surface area contributed by atoms with Crippen LogP contribution in [-0.2, 0) is 4.79 Å². The molecule has 2 rings (SSSR count). The van der Waals surface area contributed by atoms with Crippen molar-refractivity contribution in [2.45, 2.75) is 44.7 Å². The fourth-order valence-corrected chi connectivity index (χ4v) is 2.72. The lowest BCUT2D eigenvalue weighted by molar-refractivity contribution is -0.132. The lowest BCUT2D eigenvalue weighted by Crippen LogP contribution is -2.31. The third-order valence-electron chi connectivity index (χ3n) is 3.64. The quantitative estimate of drug-likeness (QED) is 0.923. The van der Waals surface area contributed by atoms with Crippen LogP contribution in [0.15, 0.2) is 24.3 Å². The zero-order chi connectivity index (χ0) is 13.8. The number of likely N-dealkylation sites (tertiary alicyclic amines) is 1. The molecule has 0 bridgehead atoms. The number of hydrogen-bond acceptors (Lipinski definition) is 2. The van der Waals surface area contributed by atoms with Crippen molar-refractivity contribution in [1.29, 1.82) is 0 Å². The first-order valence-electron chi connectivity index (χ1n) is 6.88. The molecule has 5 heteroatoms. The fraction of sp³-hybridized carbons (Fsp3) is 0.533. The molecule has 3 nitrogen and oxygen atoms in total. The molecule has 2 atom stereocenters. The maximum Gasteiger partial charge on any atom is 0.223 e. The van der Waals surface area contributed by atoms with E-state index < -0.39 is 0 Å². The van der Waals surface area contributed by atoms with Gasteiger partial charge in [0.1, 0.15) is 0 Å². The predicted octanol–water partition coefficient (Wildman–Crippen LogP) is 3.55. The molecule has 0 aliphatic carbocycles. The number of benzene rings is 1. The molecule has 0 saturated carbocycles. The summed E-state index contributed by atoms with van der Waals surface area (Å²) in [4.78, 5) is 14.2. The maximum atomic E-state index is 12.2. The van der Waals surface area contributed by atoms with E-state index in [1.54, 1.807) is 0 Å². The van der Waals surface area contributed by atoms with Crippen molar-refractivity contribution in [3.8, 4) is 0 Å². The Bertz CT molecular complexity index is 434. The lowest BCUT2D eigenvalue weighted by atomic mass is 10.0. The first-order chi connectivity index (χ1) is 9.08. The molecule has 2 N–H and O–H groups in total. The molecule has 1 aromatic carbocycles. The number of nitrogens with zero attached hydrogens (tertiary/aromatic N) is 1. The van der Waals surface area contributed by atoms with Gasteiger partial charge in [0.15, 0.2) is 0 Å². The second-order valence-electron chi connectivity index (χ2n) is 5.31. The van der Waals surface area contributed by atoms with Gasteiger partial charge in [-0.25, -0.2) is 0 Å². The van der Waals surface area contributed by atoms with Crippen molar-refractivity contribution in [2.75, 3.05) is 6.54 Å². The van der Waals surface area contributed by atoms with E-state index in [-0.39, 0.29) is 30.4 Å². The van der Waals surface area contributed by atoms with Crippen molar-refractivity contribution in [1.82, 2.24) is 4.90 Å². The van der Waals surface area contributed by atoms with Crippen LogP contribution in [0.2, 0.25) is 5.02 Å². The summed E-state index contributed by atoms with van der Waals surface area (Å²) in [6, 6.07) is 8.10. The molecule has 0 spiro atoms. The Morgan fingerprint density at radius 2 is 2.10 bits per heavy atom. The molecule has 1 amide bonds. The molecule has 1 heterocycles. The largest absolute Gasteiger partial charge is 0.336 e. The molecule has 1 saturated heterocycles. The van der Waals surface area contributed by atoms with Crippen LogP contribution in [0.1, 0.15) is 44.2 Å². The van der Waals surface area contributed by atoms with E-state index in [2.05, 4.69) is 0 Å².